The maximum Gasteiger partial charge on any atom is 0.191 e. The van der Waals surface area contributed by atoms with E-state index in [1.54, 1.807) is 7.11 Å². The van der Waals surface area contributed by atoms with E-state index in [1.807, 2.05) is 7.05 Å². The molecule has 1 saturated heterocycles. The van der Waals surface area contributed by atoms with Crippen LogP contribution in [0.2, 0.25) is 0 Å². The zero-order valence-corrected chi connectivity index (χ0v) is 18.5. The van der Waals surface area contributed by atoms with E-state index in [2.05, 4.69) is 56.6 Å². The Labute approximate surface area is 176 Å². The normalized spacial score (nSPS) is 16.2. The van der Waals surface area contributed by atoms with Gasteiger partial charge in [0, 0.05) is 66.6 Å². The number of hydrogen-bond acceptors (Lipinski definition) is 5. The molecule has 7 nitrogen and oxygen atoms in total. The minimum Gasteiger partial charge on any atom is -0.382 e. The van der Waals surface area contributed by atoms with E-state index in [9.17, 15) is 0 Å². The molecule has 0 radical (unpaired) electrons. The lowest BCUT2D eigenvalue weighted by atomic mass is 10.1. The summed E-state index contributed by atoms with van der Waals surface area (Å²) in [7, 11) is 3.49. The molecule has 7 heteroatoms. The summed E-state index contributed by atoms with van der Waals surface area (Å²) in [5, 5.41) is 6.80. The third kappa shape index (κ3) is 9.12. The van der Waals surface area contributed by atoms with E-state index in [-0.39, 0.29) is 0 Å². The van der Waals surface area contributed by atoms with Gasteiger partial charge in [-0.15, -0.1) is 0 Å². The van der Waals surface area contributed by atoms with Crippen molar-refractivity contribution in [3.63, 3.8) is 0 Å². The maximum absolute atomic E-state index is 5.49. The number of methoxy groups -OCH3 is 1. The van der Waals surface area contributed by atoms with Gasteiger partial charge in [0.05, 0.1) is 13.2 Å². The Kier molecular flexibility index (Phi) is 11.7. The molecule has 0 atom stereocenters. The predicted octanol–water partition coefficient (Wildman–Crippen LogP) is 1.54. The first-order valence-electron chi connectivity index (χ1n) is 10.8. The smallest absolute Gasteiger partial charge is 0.191 e. The van der Waals surface area contributed by atoms with Crippen molar-refractivity contribution < 1.29 is 9.47 Å². The summed E-state index contributed by atoms with van der Waals surface area (Å²) >= 11 is 0. The van der Waals surface area contributed by atoms with Gasteiger partial charge in [-0.1, -0.05) is 31.2 Å². The molecule has 1 heterocycles. The number of likely N-dealkylation sites (N-methyl/N-ethyl adjacent to an activating group) is 1. The van der Waals surface area contributed by atoms with Crippen molar-refractivity contribution in [3.8, 4) is 0 Å². The second-order valence-electron chi connectivity index (χ2n) is 7.29. The molecule has 29 heavy (non-hydrogen) atoms. The van der Waals surface area contributed by atoms with Gasteiger partial charge in [-0.3, -0.25) is 9.89 Å². The Morgan fingerprint density at radius 3 is 2.41 bits per heavy atom. The van der Waals surface area contributed by atoms with Gasteiger partial charge in [-0.2, -0.15) is 0 Å². The van der Waals surface area contributed by atoms with Gasteiger partial charge in [0.1, 0.15) is 0 Å². The number of rotatable bonds is 12. The van der Waals surface area contributed by atoms with Gasteiger partial charge in [0.15, 0.2) is 5.96 Å². The number of nitrogens with zero attached hydrogens (tertiary/aromatic N) is 3. The van der Waals surface area contributed by atoms with Crippen molar-refractivity contribution >= 4 is 5.96 Å². The lowest BCUT2D eigenvalue weighted by molar-refractivity contribution is 0.0698. The number of benzene rings is 1. The van der Waals surface area contributed by atoms with Crippen molar-refractivity contribution in [2.75, 3.05) is 73.2 Å². The highest BCUT2D eigenvalue weighted by Gasteiger charge is 2.16. The lowest BCUT2D eigenvalue weighted by Gasteiger charge is -2.34. The van der Waals surface area contributed by atoms with Crippen molar-refractivity contribution in [1.82, 2.24) is 20.4 Å². The average molecular weight is 406 g/mol. The Bertz CT molecular complexity index is 588. The summed E-state index contributed by atoms with van der Waals surface area (Å²) in [6, 6.07) is 8.71. The number of guanidine groups is 1. The highest BCUT2D eigenvalue weighted by atomic mass is 16.5. The maximum atomic E-state index is 5.49. The van der Waals surface area contributed by atoms with Crippen molar-refractivity contribution in [1.29, 1.82) is 0 Å². The standard InChI is InChI=1S/C22H39N5O2/c1-4-26-11-13-27(14-12-26)19-21-9-6-5-8-20(21)18-25-22(23-2)24-10-7-15-29-17-16-28-3/h5-6,8-9H,4,7,10-19H2,1-3H3,(H2,23,24,25). The number of aliphatic imine (C=N–C) groups is 1. The van der Waals surface area contributed by atoms with Gasteiger partial charge in [0.25, 0.3) is 0 Å². The zero-order valence-electron chi connectivity index (χ0n) is 18.5. The molecule has 164 valence electrons. The third-order valence-corrected chi connectivity index (χ3v) is 5.28. The highest BCUT2D eigenvalue weighted by molar-refractivity contribution is 5.79. The molecule has 1 aromatic rings. The molecule has 0 bridgehead atoms. The van der Waals surface area contributed by atoms with Crippen LogP contribution in [0.3, 0.4) is 0 Å². The first kappa shape index (κ1) is 23.6. The van der Waals surface area contributed by atoms with Crippen LogP contribution in [0.25, 0.3) is 0 Å². The summed E-state index contributed by atoms with van der Waals surface area (Å²) in [5.41, 5.74) is 2.73. The molecule has 1 fully saturated rings. The first-order valence-corrected chi connectivity index (χ1v) is 10.8. The second kappa shape index (κ2) is 14.3. The van der Waals surface area contributed by atoms with E-state index in [0.717, 1.165) is 58.3 Å². The minimum absolute atomic E-state index is 0.643. The van der Waals surface area contributed by atoms with Gasteiger partial charge in [0.2, 0.25) is 0 Å². The Balaban J connectivity index is 1.73. The summed E-state index contributed by atoms with van der Waals surface area (Å²) < 4.78 is 10.5. The lowest BCUT2D eigenvalue weighted by Crippen LogP contribution is -2.45. The van der Waals surface area contributed by atoms with Gasteiger partial charge < -0.3 is 25.0 Å². The van der Waals surface area contributed by atoms with E-state index in [0.29, 0.717) is 13.2 Å². The molecule has 1 aliphatic rings. The fraction of sp³-hybridized carbons (Fsp3) is 0.682. The molecule has 2 rings (SSSR count). The van der Waals surface area contributed by atoms with Crippen molar-refractivity contribution in [2.24, 2.45) is 4.99 Å². The summed E-state index contributed by atoms with van der Waals surface area (Å²) in [6.45, 7) is 12.7. The molecule has 1 aliphatic heterocycles. The molecule has 0 unspecified atom stereocenters. The number of ether oxygens (including phenoxy) is 2. The third-order valence-electron chi connectivity index (χ3n) is 5.28. The van der Waals surface area contributed by atoms with E-state index in [4.69, 9.17) is 9.47 Å². The van der Waals surface area contributed by atoms with Crippen LogP contribution in [0.4, 0.5) is 0 Å². The van der Waals surface area contributed by atoms with E-state index < -0.39 is 0 Å². The Morgan fingerprint density at radius 1 is 1.00 bits per heavy atom. The van der Waals surface area contributed by atoms with Crippen LogP contribution in [-0.4, -0.2) is 89.0 Å². The van der Waals surface area contributed by atoms with Crippen LogP contribution in [-0.2, 0) is 22.6 Å². The van der Waals surface area contributed by atoms with Crippen LogP contribution < -0.4 is 10.6 Å². The second-order valence-corrected chi connectivity index (χ2v) is 7.29. The number of hydrogen-bond donors (Lipinski definition) is 2. The van der Waals surface area contributed by atoms with Crippen molar-refractivity contribution in [2.45, 2.75) is 26.4 Å². The molecule has 0 aliphatic carbocycles. The molecule has 0 spiro atoms. The Morgan fingerprint density at radius 2 is 1.72 bits per heavy atom. The van der Waals surface area contributed by atoms with Crippen LogP contribution >= 0.6 is 0 Å². The molecular weight excluding hydrogens is 366 g/mol. The SMILES string of the molecule is CCN1CCN(Cc2ccccc2CNC(=NC)NCCCOCCOC)CC1. The average Bonchev–Trinajstić information content (AvgIpc) is 2.76. The summed E-state index contributed by atoms with van der Waals surface area (Å²) in [5.74, 6) is 0.827. The van der Waals surface area contributed by atoms with Gasteiger partial charge in [-0.25, -0.2) is 0 Å². The molecule has 1 aromatic carbocycles. The minimum atomic E-state index is 0.643. The Hall–Kier alpha value is -1.67. The predicted molar refractivity (Wildman–Crippen MR) is 119 cm³/mol. The van der Waals surface area contributed by atoms with E-state index >= 15 is 0 Å². The largest absolute Gasteiger partial charge is 0.382 e. The summed E-state index contributed by atoms with van der Waals surface area (Å²) in [6.07, 6.45) is 0.935. The van der Waals surface area contributed by atoms with Crippen molar-refractivity contribution in [3.05, 3.63) is 35.4 Å². The quantitative estimate of drug-likeness (QED) is 0.313. The molecular formula is C22H39N5O2. The monoisotopic (exact) mass is 405 g/mol. The fourth-order valence-corrected chi connectivity index (χ4v) is 3.41. The van der Waals surface area contributed by atoms with Crippen LogP contribution in [0.1, 0.15) is 24.5 Å². The first-order chi connectivity index (χ1) is 14.3. The number of nitrogens with one attached hydrogen (secondary N) is 2. The van der Waals surface area contributed by atoms with Crippen LogP contribution in [0.15, 0.2) is 29.3 Å². The van der Waals surface area contributed by atoms with Gasteiger partial charge >= 0.3 is 0 Å². The highest BCUT2D eigenvalue weighted by Crippen LogP contribution is 2.13. The van der Waals surface area contributed by atoms with Crippen LogP contribution in [0, 0.1) is 0 Å². The van der Waals surface area contributed by atoms with Crippen LogP contribution in [0.5, 0.6) is 0 Å². The topological polar surface area (TPSA) is 61.4 Å². The van der Waals surface area contributed by atoms with E-state index in [1.165, 1.54) is 24.2 Å². The number of piperazine rings is 1. The molecule has 0 aromatic heterocycles. The fourth-order valence-electron chi connectivity index (χ4n) is 3.41. The molecule has 0 amide bonds. The molecule has 2 N–H and O–H groups in total. The zero-order chi connectivity index (χ0) is 20.7. The molecule has 0 saturated carbocycles. The van der Waals surface area contributed by atoms with Gasteiger partial charge in [-0.05, 0) is 24.1 Å². The summed E-state index contributed by atoms with van der Waals surface area (Å²) in [4.78, 5) is 9.40.